The molecule has 0 saturated heterocycles. The smallest absolute Gasteiger partial charge is 0.335 e. The molecule has 0 aliphatic carbocycles. The lowest BCUT2D eigenvalue weighted by Gasteiger charge is -2.02. The van der Waals surface area contributed by atoms with E-state index >= 15 is 0 Å². The molecule has 3 rings (SSSR count). The summed E-state index contributed by atoms with van der Waals surface area (Å²) in [5.74, 6) is -0.902. The van der Waals surface area contributed by atoms with E-state index in [-0.39, 0.29) is 12.4 Å². The number of pyridine rings is 2. The normalized spacial score (nSPS) is 9.91. The zero-order valence-electron chi connectivity index (χ0n) is 12.3. The average molecular weight is 327 g/mol. The van der Waals surface area contributed by atoms with E-state index in [9.17, 15) is 4.79 Å². The van der Waals surface area contributed by atoms with Gasteiger partial charge >= 0.3 is 5.97 Å². The first-order valence-corrected chi connectivity index (χ1v) is 6.94. The molecule has 5 heteroatoms. The Bertz CT molecular complexity index is 772. The van der Waals surface area contributed by atoms with Crippen LogP contribution in [0.1, 0.15) is 15.9 Å². The molecule has 0 aliphatic heterocycles. The van der Waals surface area contributed by atoms with Crippen molar-refractivity contribution in [2.24, 2.45) is 0 Å². The summed E-state index contributed by atoms with van der Waals surface area (Å²) in [6.07, 6.45) is 7.59. The predicted octanol–water partition coefficient (Wildman–Crippen LogP) is -0.213. The maximum Gasteiger partial charge on any atom is 0.335 e. The highest BCUT2D eigenvalue weighted by atomic mass is 35.5. The van der Waals surface area contributed by atoms with E-state index in [1.165, 1.54) is 0 Å². The molecule has 2 heterocycles. The van der Waals surface area contributed by atoms with Gasteiger partial charge in [-0.25, -0.2) is 9.36 Å². The number of aromatic nitrogens is 2. The Morgan fingerprint density at radius 2 is 1.48 bits per heavy atom. The van der Waals surface area contributed by atoms with Crippen LogP contribution in [0.4, 0.5) is 0 Å². The molecule has 0 spiro atoms. The molecule has 0 fully saturated rings. The third-order valence-corrected chi connectivity index (χ3v) is 3.47. The van der Waals surface area contributed by atoms with Gasteiger partial charge in [-0.05, 0) is 35.4 Å². The SMILES string of the molecule is O=C(O)c1ccc(C[n+]2ccc(-c3ccncc3)cc2)cc1.[Cl-]. The number of hydrogen-bond acceptors (Lipinski definition) is 2. The molecule has 3 aromatic rings. The second kappa shape index (κ2) is 7.51. The van der Waals surface area contributed by atoms with Crippen molar-refractivity contribution in [1.29, 1.82) is 0 Å². The van der Waals surface area contributed by atoms with Crippen molar-refractivity contribution in [1.82, 2.24) is 4.98 Å². The molecule has 23 heavy (non-hydrogen) atoms. The zero-order valence-corrected chi connectivity index (χ0v) is 13.0. The lowest BCUT2D eigenvalue weighted by Crippen LogP contribution is -3.00. The van der Waals surface area contributed by atoms with E-state index in [0.29, 0.717) is 12.1 Å². The molecule has 1 N–H and O–H groups in total. The molecule has 4 nitrogen and oxygen atoms in total. The highest BCUT2D eigenvalue weighted by Crippen LogP contribution is 2.15. The maximum atomic E-state index is 10.8. The summed E-state index contributed by atoms with van der Waals surface area (Å²) in [6.45, 7) is 0.705. The fourth-order valence-electron chi connectivity index (χ4n) is 2.26. The van der Waals surface area contributed by atoms with E-state index < -0.39 is 5.97 Å². The lowest BCUT2D eigenvalue weighted by atomic mass is 10.1. The zero-order chi connectivity index (χ0) is 15.4. The molecule has 0 bridgehead atoms. The average Bonchev–Trinajstić information content (AvgIpc) is 2.57. The summed E-state index contributed by atoms with van der Waals surface area (Å²) < 4.78 is 2.06. The van der Waals surface area contributed by atoms with Crippen molar-refractivity contribution in [3.8, 4) is 11.1 Å². The fraction of sp³-hybridized carbons (Fsp3) is 0.0556. The number of rotatable bonds is 4. The van der Waals surface area contributed by atoms with Gasteiger partial charge in [-0.1, -0.05) is 12.1 Å². The molecular weight excluding hydrogens is 312 g/mol. The lowest BCUT2D eigenvalue weighted by molar-refractivity contribution is -0.688. The Morgan fingerprint density at radius 3 is 2.04 bits per heavy atom. The quantitative estimate of drug-likeness (QED) is 0.675. The van der Waals surface area contributed by atoms with Crippen molar-refractivity contribution in [2.75, 3.05) is 0 Å². The van der Waals surface area contributed by atoms with Gasteiger partial charge in [0.25, 0.3) is 0 Å². The fourth-order valence-corrected chi connectivity index (χ4v) is 2.26. The molecule has 1 aromatic carbocycles. The van der Waals surface area contributed by atoms with Crippen molar-refractivity contribution in [3.05, 3.63) is 84.4 Å². The van der Waals surface area contributed by atoms with Crippen LogP contribution in [0.2, 0.25) is 0 Å². The van der Waals surface area contributed by atoms with Crippen molar-refractivity contribution >= 4 is 5.97 Å². The largest absolute Gasteiger partial charge is 1.00 e. The van der Waals surface area contributed by atoms with Gasteiger partial charge in [-0.2, -0.15) is 0 Å². The minimum absolute atomic E-state index is 0. The second-order valence-electron chi connectivity index (χ2n) is 5.00. The summed E-state index contributed by atoms with van der Waals surface area (Å²) in [7, 11) is 0. The minimum atomic E-state index is -0.902. The van der Waals surface area contributed by atoms with Gasteiger partial charge in [0.15, 0.2) is 18.9 Å². The topological polar surface area (TPSA) is 54.1 Å². The van der Waals surface area contributed by atoms with Crippen molar-refractivity contribution in [2.45, 2.75) is 6.54 Å². The van der Waals surface area contributed by atoms with E-state index in [4.69, 9.17) is 5.11 Å². The van der Waals surface area contributed by atoms with E-state index in [1.807, 2.05) is 36.7 Å². The number of carboxylic acids is 1. The molecule has 0 atom stereocenters. The first-order valence-electron chi connectivity index (χ1n) is 6.94. The number of nitrogens with zero attached hydrogens (tertiary/aromatic N) is 2. The molecule has 0 saturated carbocycles. The maximum absolute atomic E-state index is 10.8. The van der Waals surface area contributed by atoms with Crippen molar-refractivity contribution in [3.63, 3.8) is 0 Å². The Hall–Kier alpha value is -2.72. The number of carbonyl (C=O) groups is 1. The monoisotopic (exact) mass is 326 g/mol. The van der Waals surface area contributed by atoms with Crippen LogP contribution in [-0.4, -0.2) is 16.1 Å². The van der Waals surface area contributed by atoms with Crippen LogP contribution in [0.15, 0.2) is 73.3 Å². The van der Waals surface area contributed by atoms with Gasteiger partial charge in [-0.3, -0.25) is 4.98 Å². The highest BCUT2D eigenvalue weighted by Gasteiger charge is 2.06. The summed E-state index contributed by atoms with van der Waals surface area (Å²) >= 11 is 0. The molecule has 0 radical (unpaired) electrons. The third kappa shape index (κ3) is 4.14. The van der Waals surface area contributed by atoms with Crippen LogP contribution in [0.25, 0.3) is 11.1 Å². The predicted molar refractivity (Wildman–Crippen MR) is 82.4 cm³/mol. The summed E-state index contributed by atoms with van der Waals surface area (Å²) in [4.78, 5) is 14.8. The molecule has 0 amide bonds. The third-order valence-electron chi connectivity index (χ3n) is 3.47. The Balaban J connectivity index is 0.00000192. The van der Waals surface area contributed by atoms with E-state index in [1.54, 1.807) is 24.5 Å². The van der Waals surface area contributed by atoms with Crippen LogP contribution in [0, 0.1) is 0 Å². The van der Waals surface area contributed by atoms with Gasteiger partial charge in [0.05, 0.1) is 5.56 Å². The minimum Gasteiger partial charge on any atom is -1.00 e. The van der Waals surface area contributed by atoms with E-state index in [2.05, 4.69) is 21.7 Å². The Labute approximate surface area is 140 Å². The number of aromatic carboxylic acids is 1. The Morgan fingerprint density at radius 1 is 0.913 bits per heavy atom. The summed E-state index contributed by atoms with van der Waals surface area (Å²) in [5.41, 5.74) is 3.64. The summed E-state index contributed by atoms with van der Waals surface area (Å²) in [6, 6.07) is 15.0. The second-order valence-corrected chi connectivity index (χ2v) is 5.00. The van der Waals surface area contributed by atoms with Crippen LogP contribution >= 0.6 is 0 Å². The first-order chi connectivity index (χ1) is 10.7. The molecule has 0 unspecified atom stereocenters. The van der Waals surface area contributed by atoms with Gasteiger partial charge in [0.1, 0.15) is 0 Å². The first kappa shape index (κ1) is 16.6. The van der Waals surface area contributed by atoms with Crippen molar-refractivity contribution < 1.29 is 26.9 Å². The molecule has 0 aliphatic rings. The van der Waals surface area contributed by atoms with E-state index in [0.717, 1.165) is 16.7 Å². The number of benzene rings is 1. The van der Waals surface area contributed by atoms with Crippen LogP contribution in [-0.2, 0) is 6.54 Å². The van der Waals surface area contributed by atoms with Crippen LogP contribution in [0.3, 0.4) is 0 Å². The number of hydrogen-bond donors (Lipinski definition) is 1. The van der Waals surface area contributed by atoms with Gasteiger partial charge in [-0.15, -0.1) is 0 Å². The van der Waals surface area contributed by atoms with Crippen LogP contribution in [0.5, 0.6) is 0 Å². The molecular formula is C18H15ClN2O2. The highest BCUT2D eigenvalue weighted by molar-refractivity contribution is 5.87. The number of halogens is 1. The summed E-state index contributed by atoms with van der Waals surface area (Å²) in [5, 5.41) is 8.89. The standard InChI is InChI=1S/C18H14N2O2.ClH/c21-18(22)17-3-1-14(2-4-17)13-20-11-7-16(8-12-20)15-5-9-19-10-6-15;/h1-12H,13H2;1H. The van der Waals surface area contributed by atoms with Gasteiger partial charge in [0, 0.05) is 30.1 Å². The Kier molecular flexibility index (Phi) is 5.44. The molecule has 116 valence electrons. The molecule has 2 aromatic heterocycles. The van der Waals surface area contributed by atoms with Gasteiger partial charge < -0.3 is 17.5 Å². The number of carboxylic acid groups (broad SMARTS) is 1. The van der Waals surface area contributed by atoms with Crippen LogP contribution < -0.4 is 17.0 Å². The van der Waals surface area contributed by atoms with Gasteiger partial charge in [0.2, 0.25) is 0 Å².